The molecule has 0 aromatic carbocycles. The van der Waals surface area contributed by atoms with Gasteiger partial charge in [0, 0.05) is 41.4 Å². The largest absolute Gasteiger partial charge is 0.465 e. The van der Waals surface area contributed by atoms with E-state index in [1.54, 1.807) is 0 Å². The van der Waals surface area contributed by atoms with E-state index in [-0.39, 0.29) is 46.1 Å². The molecule has 0 aromatic rings. The topological polar surface area (TPSA) is 76.7 Å². The Morgan fingerprint density at radius 2 is 1.12 bits per heavy atom. The van der Waals surface area contributed by atoms with Crippen LogP contribution in [0.5, 0.6) is 0 Å². The average molecular weight is 481 g/mol. The van der Waals surface area contributed by atoms with Crippen molar-refractivity contribution < 1.29 is 19.1 Å². The Morgan fingerprint density at radius 1 is 0.676 bits per heavy atom. The molecule has 0 amide bonds. The first-order valence-corrected chi connectivity index (χ1v) is 13.5. The average Bonchev–Trinajstić information content (AvgIpc) is 2.61. The van der Waals surface area contributed by atoms with Gasteiger partial charge in [-0.3, -0.25) is 9.59 Å². The van der Waals surface area contributed by atoms with E-state index in [9.17, 15) is 9.59 Å². The molecule has 0 saturated carbocycles. The quantitative estimate of drug-likeness (QED) is 0.293. The molecule has 0 radical (unpaired) electrons. The minimum absolute atomic E-state index is 0.00322. The lowest BCUT2D eigenvalue weighted by molar-refractivity contribution is -0.153. The predicted molar refractivity (Wildman–Crippen MR) is 138 cm³/mol. The Bertz CT molecular complexity index is 652. The van der Waals surface area contributed by atoms with Crippen LogP contribution in [-0.2, 0) is 19.1 Å². The summed E-state index contributed by atoms with van der Waals surface area (Å²) in [7, 11) is 0. The molecule has 0 aliphatic carbocycles. The molecule has 2 aliphatic rings. The van der Waals surface area contributed by atoms with Crippen LogP contribution >= 0.6 is 0 Å². The van der Waals surface area contributed by atoms with Gasteiger partial charge in [-0.15, -0.1) is 0 Å². The molecule has 2 fully saturated rings. The second-order valence-electron chi connectivity index (χ2n) is 13.4. The number of rotatable bonds is 11. The molecule has 2 heterocycles. The second-order valence-corrected chi connectivity index (χ2v) is 13.4. The van der Waals surface area contributed by atoms with Gasteiger partial charge in [0.2, 0.25) is 0 Å². The van der Waals surface area contributed by atoms with Crippen LogP contribution < -0.4 is 10.6 Å². The van der Waals surface area contributed by atoms with Crippen LogP contribution in [0.2, 0.25) is 0 Å². The van der Waals surface area contributed by atoms with E-state index >= 15 is 0 Å². The van der Waals surface area contributed by atoms with Crippen LogP contribution in [0.3, 0.4) is 0 Å². The summed E-state index contributed by atoms with van der Waals surface area (Å²) in [6, 6.07) is 0. The fraction of sp³-hybridized carbons (Fsp3) is 0.929. The van der Waals surface area contributed by atoms with E-state index in [0.29, 0.717) is 13.0 Å². The van der Waals surface area contributed by atoms with Crippen molar-refractivity contribution in [3.05, 3.63) is 0 Å². The second kappa shape index (κ2) is 11.7. The van der Waals surface area contributed by atoms with E-state index in [2.05, 4.69) is 66.0 Å². The van der Waals surface area contributed by atoms with Gasteiger partial charge in [-0.25, -0.2) is 0 Å². The lowest BCUT2D eigenvalue weighted by Crippen LogP contribution is -2.59. The Morgan fingerprint density at radius 3 is 1.65 bits per heavy atom. The van der Waals surface area contributed by atoms with Crippen LogP contribution in [0.25, 0.3) is 0 Å². The molecule has 0 bridgehead atoms. The molecule has 2 rings (SSSR count). The minimum Gasteiger partial charge on any atom is -0.465 e. The summed E-state index contributed by atoms with van der Waals surface area (Å²) in [6.07, 6.45) is 9.98. The van der Waals surface area contributed by atoms with Crippen LogP contribution in [0.1, 0.15) is 126 Å². The highest BCUT2D eigenvalue weighted by molar-refractivity contribution is 5.73. The Labute approximate surface area is 208 Å². The van der Waals surface area contributed by atoms with Gasteiger partial charge in [0.05, 0.1) is 12.5 Å². The SMILES string of the molecule is CC1(C)CC(OC(=O)CCCCCCCCOC(=O)C2CC(C)(C)NC(C)(C)C2)CC(C)(C)N1. The van der Waals surface area contributed by atoms with Crippen LogP contribution in [-0.4, -0.2) is 46.8 Å². The third-order valence-electron chi connectivity index (χ3n) is 6.99. The smallest absolute Gasteiger partial charge is 0.309 e. The Hall–Kier alpha value is -1.14. The number of carbonyl (C=O) groups is 2. The van der Waals surface area contributed by atoms with Crippen molar-refractivity contribution in [3.8, 4) is 0 Å². The number of unbranched alkanes of at least 4 members (excludes halogenated alkanes) is 5. The molecule has 0 unspecified atom stereocenters. The van der Waals surface area contributed by atoms with Crippen molar-refractivity contribution in [1.82, 2.24) is 10.6 Å². The molecule has 6 heteroatoms. The van der Waals surface area contributed by atoms with Crippen molar-refractivity contribution in [2.75, 3.05) is 6.61 Å². The van der Waals surface area contributed by atoms with Crippen LogP contribution in [0.15, 0.2) is 0 Å². The summed E-state index contributed by atoms with van der Waals surface area (Å²) < 4.78 is 11.4. The Balaban J connectivity index is 1.50. The van der Waals surface area contributed by atoms with E-state index in [1.165, 1.54) is 0 Å². The molecule has 2 N–H and O–H groups in total. The van der Waals surface area contributed by atoms with Gasteiger partial charge >= 0.3 is 11.9 Å². The fourth-order valence-corrected chi connectivity index (χ4v) is 6.41. The summed E-state index contributed by atoms with van der Waals surface area (Å²) >= 11 is 0. The number of hydrogen-bond acceptors (Lipinski definition) is 6. The minimum atomic E-state index is -0.0605. The fourth-order valence-electron chi connectivity index (χ4n) is 6.41. The maximum atomic E-state index is 12.5. The van der Waals surface area contributed by atoms with Gasteiger partial charge in [-0.2, -0.15) is 0 Å². The zero-order valence-corrected chi connectivity index (χ0v) is 23.3. The van der Waals surface area contributed by atoms with Crippen LogP contribution in [0, 0.1) is 5.92 Å². The zero-order chi connectivity index (χ0) is 25.6. The predicted octanol–water partition coefficient (Wildman–Crippen LogP) is 5.67. The summed E-state index contributed by atoms with van der Waals surface area (Å²) in [4.78, 5) is 24.8. The highest BCUT2D eigenvalue weighted by atomic mass is 16.5. The third kappa shape index (κ3) is 10.6. The zero-order valence-electron chi connectivity index (χ0n) is 23.3. The van der Waals surface area contributed by atoms with Crippen molar-refractivity contribution in [1.29, 1.82) is 0 Å². The summed E-state index contributed by atoms with van der Waals surface area (Å²) in [5.74, 6) is -0.121. The van der Waals surface area contributed by atoms with Gasteiger partial charge in [0.15, 0.2) is 0 Å². The molecular formula is C28H52N2O4. The summed E-state index contributed by atoms with van der Waals surface area (Å²) in [5, 5.41) is 7.24. The van der Waals surface area contributed by atoms with Gasteiger partial charge in [0.25, 0.3) is 0 Å². The molecule has 2 saturated heterocycles. The van der Waals surface area contributed by atoms with E-state index < -0.39 is 0 Å². The van der Waals surface area contributed by atoms with E-state index in [4.69, 9.17) is 9.47 Å². The van der Waals surface area contributed by atoms with E-state index in [1.807, 2.05) is 0 Å². The summed E-state index contributed by atoms with van der Waals surface area (Å²) in [5.41, 5.74) is -0.110. The van der Waals surface area contributed by atoms with Gasteiger partial charge in [0.1, 0.15) is 6.10 Å². The molecule has 198 valence electrons. The molecule has 0 atom stereocenters. The number of nitrogens with one attached hydrogen (secondary N) is 2. The van der Waals surface area contributed by atoms with E-state index in [0.717, 1.165) is 64.2 Å². The molecule has 0 spiro atoms. The number of esters is 2. The Kier molecular flexibility index (Phi) is 10.0. The molecule has 6 nitrogen and oxygen atoms in total. The summed E-state index contributed by atoms with van der Waals surface area (Å²) in [6.45, 7) is 17.8. The third-order valence-corrected chi connectivity index (χ3v) is 6.99. The van der Waals surface area contributed by atoms with Gasteiger partial charge in [-0.1, -0.05) is 25.7 Å². The lowest BCUT2D eigenvalue weighted by atomic mass is 9.76. The highest BCUT2D eigenvalue weighted by Crippen LogP contribution is 2.33. The van der Waals surface area contributed by atoms with Crippen molar-refractivity contribution in [3.63, 3.8) is 0 Å². The van der Waals surface area contributed by atoms with Crippen molar-refractivity contribution in [2.45, 2.75) is 154 Å². The number of carbonyl (C=O) groups excluding carboxylic acids is 2. The van der Waals surface area contributed by atoms with Crippen molar-refractivity contribution >= 4 is 11.9 Å². The molecular weight excluding hydrogens is 428 g/mol. The standard InChI is InChI=1S/C28H52N2O4/c1-25(2)17-21(18-26(3,4)29-25)24(32)33-16-14-12-10-9-11-13-15-23(31)34-22-19-27(5,6)30-28(7,8)20-22/h21-22,29-30H,9-20H2,1-8H3. The first kappa shape index (κ1) is 29.1. The van der Waals surface area contributed by atoms with Crippen LogP contribution in [0.4, 0.5) is 0 Å². The first-order chi connectivity index (χ1) is 15.6. The normalized spacial score (nSPS) is 23.9. The lowest BCUT2D eigenvalue weighted by Gasteiger charge is -2.45. The van der Waals surface area contributed by atoms with Crippen molar-refractivity contribution in [2.24, 2.45) is 5.92 Å². The molecule has 0 aromatic heterocycles. The van der Waals surface area contributed by atoms with Gasteiger partial charge < -0.3 is 20.1 Å². The first-order valence-electron chi connectivity index (χ1n) is 13.5. The number of piperidine rings is 2. The molecule has 34 heavy (non-hydrogen) atoms. The number of ether oxygens (including phenoxy) is 2. The van der Waals surface area contributed by atoms with Gasteiger partial charge in [-0.05, 0) is 81.1 Å². The maximum Gasteiger partial charge on any atom is 0.309 e. The monoisotopic (exact) mass is 480 g/mol. The highest BCUT2D eigenvalue weighted by Gasteiger charge is 2.41. The molecule has 2 aliphatic heterocycles. The number of hydrogen-bond donors (Lipinski definition) is 2. The maximum absolute atomic E-state index is 12.5.